The van der Waals surface area contributed by atoms with Gasteiger partial charge < -0.3 is 11.1 Å². The summed E-state index contributed by atoms with van der Waals surface area (Å²) in [5.41, 5.74) is 6.06. The second kappa shape index (κ2) is 4.92. The number of nitrogens with zero attached hydrogens (tertiary/aromatic N) is 1. The first kappa shape index (κ1) is 14.0. The first-order valence-corrected chi connectivity index (χ1v) is 7.35. The topological polar surface area (TPSA) is 92.5 Å². The largest absolute Gasteiger partial charge is 0.327 e. The maximum Gasteiger partial charge on any atom is 0.242 e. The van der Waals surface area contributed by atoms with Crippen molar-refractivity contribution < 1.29 is 13.2 Å². The summed E-state index contributed by atoms with van der Waals surface area (Å²) < 4.78 is 25.1. The zero-order chi connectivity index (χ0) is 14.2. The number of amides is 1. The Labute approximate surface area is 112 Å². The number of anilines is 1. The Kier molecular flexibility index (Phi) is 3.62. The standard InChI is InChI=1S/C12H17N3O3S/c1-15(2)19(17,18)9-5-3-4-8(6-9)14-12(16)10-7-11(10)13/h3-6,10-11H,7,13H2,1-2H3,(H,14,16). The van der Waals surface area contributed by atoms with Crippen LogP contribution in [0.3, 0.4) is 0 Å². The molecule has 2 atom stereocenters. The van der Waals surface area contributed by atoms with Gasteiger partial charge in [0.15, 0.2) is 0 Å². The average molecular weight is 283 g/mol. The predicted molar refractivity (Wildman–Crippen MR) is 72.0 cm³/mol. The van der Waals surface area contributed by atoms with Crippen molar-refractivity contribution in [1.29, 1.82) is 0 Å². The third-order valence-electron chi connectivity index (χ3n) is 3.06. The minimum atomic E-state index is -3.49. The molecule has 1 saturated carbocycles. The van der Waals surface area contributed by atoms with Crippen LogP contribution in [-0.2, 0) is 14.8 Å². The van der Waals surface area contributed by atoms with Crippen LogP contribution in [0.25, 0.3) is 0 Å². The molecule has 1 aliphatic carbocycles. The number of hydrogen-bond donors (Lipinski definition) is 2. The number of rotatable bonds is 4. The van der Waals surface area contributed by atoms with Gasteiger partial charge in [-0.05, 0) is 24.6 Å². The molecule has 19 heavy (non-hydrogen) atoms. The van der Waals surface area contributed by atoms with E-state index >= 15 is 0 Å². The van der Waals surface area contributed by atoms with Crippen molar-refractivity contribution in [1.82, 2.24) is 4.31 Å². The van der Waals surface area contributed by atoms with Gasteiger partial charge in [0, 0.05) is 25.8 Å². The smallest absolute Gasteiger partial charge is 0.242 e. The van der Waals surface area contributed by atoms with Crippen molar-refractivity contribution in [3.05, 3.63) is 24.3 Å². The fourth-order valence-corrected chi connectivity index (χ4v) is 2.64. The minimum absolute atomic E-state index is 0.0753. The molecule has 1 aliphatic rings. The third-order valence-corrected chi connectivity index (χ3v) is 4.87. The molecule has 0 saturated heterocycles. The summed E-state index contributed by atoms with van der Waals surface area (Å²) in [5.74, 6) is -0.319. The molecule has 6 nitrogen and oxygen atoms in total. The van der Waals surface area contributed by atoms with Crippen molar-refractivity contribution in [3.8, 4) is 0 Å². The predicted octanol–water partition coefficient (Wildman–Crippen LogP) is 0.223. The monoisotopic (exact) mass is 283 g/mol. The highest BCUT2D eigenvalue weighted by atomic mass is 32.2. The lowest BCUT2D eigenvalue weighted by Crippen LogP contribution is -2.23. The van der Waals surface area contributed by atoms with E-state index in [4.69, 9.17) is 5.73 Å². The van der Waals surface area contributed by atoms with Crippen LogP contribution in [-0.4, -0.2) is 38.8 Å². The van der Waals surface area contributed by atoms with E-state index < -0.39 is 10.0 Å². The molecule has 3 N–H and O–H groups in total. The minimum Gasteiger partial charge on any atom is -0.327 e. The lowest BCUT2D eigenvalue weighted by molar-refractivity contribution is -0.117. The van der Waals surface area contributed by atoms with Crippen molar-refractivity contribution >= 4 is 21.6 Å². The average Bonchev–Trinajstić information content (AvgIpc) is 3.06. The Morgan fingerprint density at radius 1 is 1.42 bits per heavy atom. The molecule has 0 spiro atoms. The van der Waals surface area contributed by atoms with E-state index in [1.165, 1.54) is 26.2 Å². The molecule has 7 heteroatoms. The molecule has 2 unspecified atom stereocenters. The summed E-state index contributed by atoms with van der Waals surface area (Å²) >= 11 is 0. The van der Waals surface area contributed by atoms with Crippen LogP contribution in [0, 0.1) is 5.92 Å². The molecule has 1 amide bonds. The van der Waals surface area contributed by atoms with Gasteiger partial charge in [-0.2, -0.15) is 0 Å². The summed E-state index contributed by atoms with van der Waals surface area (Å²) in [6.45, 7) is 0. The number of carbonyl (C=O) groups excluding carboxylic acids is 1. The van der Waals surface area contributed by atoms with E-state index in [0.29, 0.717) is 12.1 Å². The van der Waals surface area contributed by atoms with E-state index in [1.807, 2.05) is 0 Å². The number of nitrogens with two attached hydrogens (primary N) is 1. The van der Waals surface area contributed by atoms with Gasteiger partial charge in [-0.3, -0.25) is 4.79 Å². The van der Waals surface area contributed by atoms with Gasteiger partial charge in [-0.25, -0.2) is 12.7 Å². The zero-order valence-electron chi connectivity index (χ0n) is 10.8. The van der Waals surface area contributed by atoms with Crippen LogP contribution >= 0.6 is 0 Å². The molecular formula is C12H17N3O3S. The lowest BCUT2D eigenvalue weighted by atomic mass is 10.3. The molecule has 1 fully saturated rings. The van der Waals surface area contributed by atoms with Crippen LogP contribution in [0.4, 0.5) is 5.69 Å². The van der Waals surface area contributed by atoms with Crippen molar-refractivity contribution in [3.63, 3.8) is 0 Å². The number of carbonyl (C=O) groups is 1. The molecule has 1 aromatic rings. The van der Waals surface area contributed by atoms with Gasteiger partial charge in [0.25, 0.3) is 0 Å². The Balaban J connectivity index is 2.18. The maximum atomic E-state index is 12.0. The fourth-order valence-electron chi connectivity index (χ4n) is 1.70. The number of hydrogen-bond acceptors (Lipinski definition) is 4. The quantitative estimate of drug-likeness (QED) is 0.827. The van der Waals surface area contributed by atoms with Crippen LogP contribution in [0.1, 0.15) is 6.42 Å². The highest BCUT2D eigenvalue weighted by Gasteiger charge is 2.40. The molecule has 0 aromatic heterocycles. The first-order valence-electron chi connectivity index (χ1n) is 5.91. The van der Waals surface area contributed by atoms with Gasteiger partial charge in [-0.15, -0.1) is 0 Å². The number of sulfonamides is 1. The number of benzene rings is 1. The van der Waals surface area contributed by atoms with E-state index in [9.17, 15) is 13.2 Å². The lowest BCUT2D eigenvalue weighted by Gasteiger charge is -2.12. The van der Waals surface area contributed by atoms with Crippen molar-refractivity contribution in [2.24, 2.45) is 11.7 Å². The summed E-state index contributed by atoms with van der Waals surface area (Å²) in [5, 5.41) is 2.68. The highest BCUT2D eigenvalue weighted by molar-refractivity contribution is 7.89. The van der Waals surface area contributed by atoms with E-state index in [2.05, 4.69) is 5.32 Å². The van der Waals surface area contributed by atoms with Crippen LogP contribution in [0.5, 0.6) is 0 Å². The van der Waals surface area contributed by atoms with Crippen molar-refractivity contribution in [2.45, 2.75) is 17.4 Å². The molecule has 0 heterocycles. The summed E-state index contributed by atoms with van der Waals surface area (Å²) in [7, 11) is -0.569. The second-order valence-electron chi connectivity index (χ2n) is 4.81. The second-order valence-corrected chi connectivity index (χ2v) is 6.96. The van der Waals surface area contributed by atoms with E-state index in [-0.39, 0.29) is 22.8 Å². The van der Waals surface area contributed by atoms with E-state index in [1.54, 1.807) is 12.1 Å². The maximum absolute atomic E-state index is 12.0. The number of nitrogens with one attached hydrogen (secondary N) is 1. The molecular weight excluding hydrogens is 266 g/mol. The molecule has 104 valence electrons. The first-order chi connectivity index (χ1) is 8.82. The Hall–Kier alpha value is -1.44. The van der Waals surface area contributed by atoms with Crippen LogP contribution in [0.2, 0.25) is 0 Å². The molecule has 2 rings (SSSR count). The highest BCUT2D eigenvalue weighted by Crippen LogP contribution is 2.29. The SMILES string of the molecule is CN(C)S(=O)(=O)c1cccc(NC(=O)C2CC2N)c1. The normalized spacial score (nSPS) is 22.3. The van der Waals surface area contributed by atoms with Crippen molar-refractivity contribution in [2.75, 3.05) is 19.4 Å². The molecule has 0 bridgehead atoms. The summed E-state index contributed by atoms with van der Waals surface area (Å²) in [6, 6.07) is 6.11. The van der Waals surface area contributed by atoms with Gasteiger partial charge in [-0.1, -0.05) is 6.07 Å². The molecule has 0 radical (unpaired) electrons. The summed E-state index contributed by atoms with van der Waals surface area (Å²) in [4.78, 5) is 11.9. The van der Waals surface area contributed by atoms with Gasteiger partial charge >= 0.3 is 0 Å². The third kappa shape index (κ3) is 2.94. The Bertz CT molecular complexity index is 598. The van der Waals surface area contributed by atoms with Gasteiger partial charge in [0.1, 0.15) is 0 Å². The Morgan fingerprint density at radius 2 is 2.05 bits per heavy atom. The van der Waals surface area contributed by atoms with E-state index in [0.717, 1.165) is 4.31 Å². The van der Waals surface area contributed by atoms with Gasteiger partial charge in [0.2, 0.25) is 15.9 Å². The van der Waals surface area contributed by atoms with Crippen LogP contribution in [0.15, 0.2) is 29.2 Å². The molecule has 0 aliphatic heterocycles. The molecule has 1 aromatic carbocycles. The summed E-state index contributed by atoms with van der Waals surface area (Å²) in [6.07, 6.45) is 0.682. The fraction of sp³-hybridized carbons (Fsp3) is 0.417. The van der Waals surface area contributed by atoms with Crippen LogP contribution < -0.4 is 11.1 Å². The van der Waals surface area contributed by atoms with Gasteiger partial charge in [0.05, 0.1) is 10.8 Å². The Morgan fingerprint density at radius 3 is 2.58 bits per heavy atom. The zero-order valence-corrected chi connectivity index (χ0v) is 11.6.